The van der Waals surface area contributed by atoms with E-state index in [1.165, 1.54) is 6.07 Å². The Balaban J connectivity index is 1.86. The summed E-state index contributed by atoms with van der Waals surface area (Å²) < 4.78 is 5.11. The summed E-state index contributed by atoms with van der Waals surface area (Å²) in [6, 6.07) is 2.83. The smallest absolute Gasteiger partial charge is 0.371 e. The van der Waals surface area contributed by atoms with Gasteiger partial charge in [-0.3, -0.25) is 0 Å². The Labute approximate surface area is 124 Å². The summed E-state index contributed by atoms with van der Waals surface area (Å²) in [5.41, 5.74) is 0.249. The lowest BCUT2D eigenvalue weighted by Crippen LogP contribution is -2.39. The molecular formula is C15H22N2O4. The number of amides is 2. The fourth-order valence-electron chi connectivity index (χ4n) is 2.80. The zero-order chi connectivity index (χ0) is 15.5. The predicted molar refractivity (Wildman–Crippen MR) is 77.1 cm³/mol. The number of furan rings is 1. The number of hydrogen-bond donors (Lipinski definition) is 2. The molecule has 0 aliphatic carbocycles. The number of nitrogens with one attached hydrogen (secondary N) is 1. The molecule has 116 valence electrons. The molecule has 1 fully saturated rings. The molecule has 0 unspecified atom stereocenters. The Morgan fingerprint density at radius 2 is 2.10 bits per heavy atom. The minimum absolute atomic E-state index is 0.114. The summed E-state index contributed by atoms with van der Waals surface area (Å²) in [6.07, 6.45) is 3.19. The standard InChI is InChI=1S/C15H22N2O4/c1-3-15(4-2)7-8-17(10-15)14(20)16-9-11-5-6-12(21-11)13(18)19/h5-6H,3-4,7-10H2,1-2H3,(H,16,20)(H,18,19). The van der Waals surface area contributed by atoms with Crippen LogP contribution >= 0.6 is 0 Å². The van der Waals surface area contributed by atoms with E-state index in [9.17, 15) is 9.59 Å². The fraction of sp³-hybridized carbons (Fsp3) is 0.600. The van der Waals surface area contributed by atoms with Crippen LogP contribution in [-0.4, -0.2) is 35.1 Å². The predicted octanol–water partition coefficient (Wildman–Crippen LogP) is 2.70. The van der Waals surface area contributed by atoms with Crippen molar-refractivity contribution in [1.82, 2.24) is 10.2 Å². The summed E-state index contributed by atoms with van der Waals surface area (Å²) in [7, 11) is 0. The van der Waals surface area contributed by atoms with E-state index in [0.717, 1.165) is 32.4 Å². The summed E-state index contributed by atoms with van der Waals surface area (Å²) >= 11 is 0. The first kappa shape index (κ1) is 15.4. The number of urea groups is 1. The van der Waals surface area contributed by atoms with E-state index < -0.39 is 5.97 Å². The number of aromatic carboxylic acids is 1. The average molecular weight is 294 g/mol. The van der Waals surface area contributed by atoms with Crippen LogP contribution in [0.1, 0.15) is 49.4 Å². The van der Waals surface area contributed by atoms with Crippen molar-refractivity contribution >= 4 is 12.0 Å². The summed E-state index contributed by atoms with van der Waals surface area (Å²) in [5.74, 6) is -0.781. The number of carbonyl (C=O) groups excluding carboxylic acids is 1. The minimum atomic E-state index is -1.11. The van der Waals surface area contributed by atoms with Crippen LogP contribution in [0.2, 0.25) is 0 Å². The van der Waals surface area contributed by atoms with Gasteiger partial charge in [0.25, 0.3) is 0 Å². The molecule has 2 amide bonds. The normalized spacial score (nSPS) is 17.0. The topological polar surface area (TPSA) is 82.8 Å². The molecule has 2 heterocycles. The van der Waals surface area contributed by atoms with Gasteiger partial charge in [0.1, 0.15) is 5.76 Å². The highest BCUT2D eigenvalue weighted by atomic mass is 16.4. The molecule has 1 aromatic heterocycles. The molecule has 1 saturated heterocycles. The first-order chi connectivity index (χ1) is 9.99. The first-order valence-corrected chi connectivity index (χ1v) is 7.34. The molecule has 0 spiro atoms. The third-order valence-electron chi connectivity index (χ3n) is 4.51. The highest BCUT2D eigenvalue weighted by Crippen LogP contribution is 2.36. The highest BCUT2D eigenvalue weighted by Gasteiger charge is 2.36. The van der Waals surface area contributed by atoms with E-state index >= 15 is 0 Å². The van der Waals surface area contributed by atoms with E-state index in [1.54, 1.807) is 6.07 Å². The third-order valence-corrected chi connectivity index (χ3v) is 4.51. The lowest BCUT2D eigenvalue weighted by Gasteiger charge is -2.26. The van der Waals surface area contributed by atoms with Crippen LogP contribution in [-0.2, 0) is 6.54 Å². The molecule has 0 saturated carbocycles. The van der Waals surface area contributed by atoms with E-state index in [-0.39, 0.29) is 23.8 Å². The maximum absolute atomic E-state index is 12.1. The summed E-state index contributed by atoms with van der Waals surface area (Å²) in [5, 5.41) is 11.6. The average Bonchev–Trinajstić information content (AvgIpc) is 3.12. The fourth-order valence-corrected chi connectivity index (χ4v) is 2.80. The lowest BCUT2D eigenvalue weighted by molar-refractivity contribution is 0.0660. The number of carbonyl (C=O) groups is 2. The maximum atomic E-state index is 12.1. The van der Waals surface area contributed by atoms with Gasteiger partial charge in [0.15, 0.2) is 0 Å². The molecule has 1 aliphatic heterocycles. The zero-order valence-corrected chi connectivity index (χ0v) is 12.5. The van der Waals surface area contributed by atoms with E-state index in [2.05, 4.69) is 19.2 Å². The van der Waals surface area contributed by atoms with E-state index in [0.29, 0.717) is 5.76 Å². The van der Waals surface area contributed by atoms with Crippen LogP contribution in [0.3, 0.4) is 0 Å². The zero-order valence-electron chi connectivity index (χ0n) is 12.5. The molecule has 2 rings (SSSR count). The number of carboxylic acids is 1. The molecule has 0 bridgehead atoms. The van der Waals surface area contributed by atoms with Gasteiger partial charge < -0.3 is 19.7 Å². The van der Waals surface area contributed by atoms with Crippen molar-refractivity contribution in [3.63, 3.8) is 0 Å². The van der Waals surface area contributed by atoms with Crippen LogP contribution in [0, 0.1) is 5.41 Å². The maximum Gasteiger partial charge on any atom is 0.371 e. The number of likely N-dealkylation sites (tertiary alicyclic amines) is 1. The van der Waals surface area contributed by atoms with Gasteiger partial charge >= 0.3 is 12.0 Å². The number of hydrogen-bond acceptors (Lipinski definition) is 3. The van der Waals surface area contributed by atoms with Crippen molar-refractivity contribution in [2.45, 2.75) is 39.7 Å². The van der Waals surface area contributed by atoms with Crippen molar-refractivity contribution in [3.05, 3.63) is 23.7 Å². The van der Waals surface area contributed by atoms with Crippen molar-refractivity contribution in [3.8, 4) is 0 Å². The van der Waals surface area contributed by atoms with Crippen LogP contribution < -0.4 is 5.32 Å². The Kier molecular flexibility index (Phi) is 4.55. The second-order valence-electron chi connectivity index (χ2n) is 5.61. The second-order valence-corrected chi connectivity index (χ2v) is 5.61. The minimum Gasteiger partial charge on any atom is -0.475 e. The van der Waals surface area contributed by atoms with E-state index in [1.807, 2.05) is 4.90 Å². The van der Waals surface area contributed by atoms with Gasteiger partial charge in [0.05, 0.1) is 6.54 Å². The van der Waals surface area contributed by atoms with Crippen molar-refractivity contribution in [2.24, 2.45) is 5.41 Å². The SMILES string of the molecule is CCC1(CC)CCN(C(=O)NCc2ccc(C(=O)O)o2)C1. The summed E-state index contributed by atoms with van der Waals surface area (Å²) in [6.45, 7) is 6.09. The molecule has 21 heavy (non-hydrogen) atoms. The highest BCUT2D eigenvalue weighted by molar-refractivity contribution is 5.84. The Hall–Kier alpha value is -1.98. The van der Waals surface area contributed by atoms with Gasteiger partial charge in [0.2, 0.25) is 5.76 Å². The third kappa shape index (κ3) is 3.37. The van der Waals surface area contributed by atoms with Gasteiger partial charge in [-0.05, 0) is 36.8 Å². The number of rotatable bonds is 5. The van der Waals surface area contributed by atoms with Crippen LogP contribution in [0.4, 0.5) is 4.79 Å². The Bertz CT molecular complexity index is 519. The van der Waals surface area contributed by atoms with Crippen molar-refractivity contribution in [2.75, 3.05) is 13.1 Å². The first-order valence-electron chi connectivity index (χ1n) is 7.34. The van der Waals surface area contributed by atoms with Gasteiger partial charge in [0, 0.05) is 13.1 Å². The Morgan fingerprint density at radius 3 is 2.62 bits per heavy atom. The number of carboxylic acid groups (broad SMARTS) is 1. The molecule has 1 aromatic rings. The lowest BCUT2D eigenvalue weighted by atomic mass is 9.82. The monoisotopic (exact) mass is 294 g/mol. The molecule has 2 N–H and O–H groups in total. The van der Waals surface area contributed by atoms with Crippen LogP contribution in [0.15, 0.2) is 16.5 Å². The molecule has 0 atom stereocenters. The van der Waals surface area contributed by atoms with Gasteiger partial charge in [-0.15, -0.1) is 0 Å². The summed E-state index contributed by atoms with van der Waals surface area (Å²) in [4.78, 5) is 24.7. The van der Waals surface area contributed by atoms with Crippen molar-refractivity contribution < 1.29 is 19.1 Å². The van der Waals surface area contributed by atoms with Crippen molar-refractivity contribution in [1.29, 1.82) is 0 Å². The molecule has 0 aromatic carbocycles. The molecule has 6 nitrogen and oxygen atoms in total. The molecule has 6 heteroatoms. The van der Waals surface area contributed by atoms with Gasteiger partial charge in [-0.1, -0.05) is 13.8 Å². The van der Waals surface area contributed by atoms with Gasteiger partial charge in [-0.2, -0.15) is 0 Å². The van der Waals surface area contributed by atoms with E-state index in [4.69, 9.17) is 9.52 Å². The van der Waals surface area contributed by atoms with Crippen LogP contribution in [0.5, 0.6) is 0 Å². The van der Waals surface area contributed by atoms with Crippen LogP contribution in [0.25, 0.3) is 0 Å². The quantitative estimate of drug-likeness (QED) is 0.874. The van der Waals surface area contributed by atoms with Gasteiger partial charge in [-0.25, -0.2) is 9.59 Å². The Morgan fingerprint density at radius 1 is 1.38 bits per heavy atom. The second kappa shape index (κ2) is 6.20. The number of nitrogens with zero attached hydrogens (tertiary/aromatic N) is 1. The molecule has 1 aliphatic rings. The molecule has 0 radical (unpaired) electrons. The molecular weight excluding hydrogens is 272 g/mol. The largest absolute Gasteiger partial charge is 0.475 e.